The Bertz CT molecular complexity index is 449. The lowest BCUT2D eigenvalue weighted by molar-refractivity contribution is 0.531. The molecule has 0 unspecified atom stereocenters. The van der Waals surface area contributed by atoms with Gasteiger partial charge in [-0.05, 0) is 26.0 Å². The van der Waals surface area contributed by atoms with E-state index in [1.165, 1.54) is 0 Å². The number of nitrogens with zero attached hydrogens (tertiary/aromatic N) is 3. The first-order valence-corrected chi connectivity index (χ1v) is 5.95. The van der Waals surface area contributed by atoms with Crippen LogP contribution in [0.1, 0.15) is 31.4 Å². The summed E-state index contributed by atoms with van der Waals surface area (Å²) in [6, 6.07) is 6.20. The van der Waals surface area contributed by atoms with E-state index < -0.39 is 0 Å². The van der Waals surface area contributed by atoms with Gasteiger partial charge < -0.3 is 9.88 Å². The summed E-state index contributed by atoms with van der Waals surface area (Å²) in [6.45, 7) is 5.95. The maximum Gasteiger partial charge on any atom is 0.122 e. The maximum absolute atomic E-state index is 4.33. The van der Waals surface area contributed by atoms with Crippen molar-refractivity contribution in [3.63, 3.8) is 0 Å². The molecule has 1 atom stereocenters. The first kappa shape index (κ1) is 11.8. The van der Waals surface area contributed by atoms with Crippen LogP contribution in [-0.4, -0.2) is 14.5 Å². The van der Waals surface area contributed by atoms with Crippen molar-refractivity contribution in [1.29, 1.82) is 0 Å². The van der Waals surface area contributed by atoms with E-state index in [0.29, 0.717) is 0 Å². The van der Waals surface area contributed by atoms with Gasteiger partial charge in [0, 0.05) is 31.2 Å². The highest BCUT2D eigenvalue weighted by Gasteiger charge is 2.07. The Labute approximate surface area is 102 Å². The molecule has 0 aromatic carbocycles. The minimum Gasteiger partial charge on any atom is -0.334 e. The molecule has 2 heterocycles. The first-order valence-electron chi connectivity index (χ1n) is 5.95. The van der Waals surface area contributed by atoms with E-state index in [1.807, 2.05) is 36.8 Å². The number of aryl methyl sites for hydroxylation is 1. The number of imidazole rings is 1. The van der Waals surface area contributed by atoms with Crippen LogP contribution in [0.3, 0.4) is 0 Å². The summed E-state index contributed by atoms with van der Waals surface area (Å²) in [5.74, 6) is 1.07. The second-order valence-electron chi connectivity index (χ2n) is 3.99. The van der Waals surface area contributed by atoms with E-state index in [9.17, 15) is 0 Å². The van der Waals surface area contributed by atoms with Crippen LogP contribution in [0.5, 0.6) is 0 Å². The summed E-state index contributed by atoms with van der Waals surface area (Å²) in [7, 11) is 0. The van der Waals surface area contributed by atoms with Crippen molar-refractivity contribution in [1.82, 2.24) is 19.9 Å². The standard InChI is InChI=1S/C13H18N4/c1-3-17-9-8-15-13(17)10-16-11(2)12-6-4-5-7-14-12/h4-9,11,16H,3,10H2,1-2H3/t11-/m1/s1. The maximum atomic E-state index is 4.33. The predicted octanol–water partition coefficient (Wildman–Crippen LogP) is 2.15. The zero-order chi connectivity index (χ0) is 12.1. The van der Waals surface area contributed by atoms with E-state index in [0.717, 1.165) is 24.6 Å². The zero-order valence-electron chi connectivity index (χ0n) is 10.3. The van der Waals surface area contributed by atoms with Crippen molar-refractivity contribution < 1.29 is 0 Å². The molecule has 17 heavy (non-hydrogen) atoms. The van der Waals surface area contributed by atoms with Crippen molar-refractivity contribution in [2.45, 2.75) is 33.0 Å². The molecule has 0 spiro atoms. The van der Waals surface area contributed by atoms with Crippen LogP contribution in [0.4, 0.5) is 0 Å². The number of hydrogen-bond acceptors (Lipinski definition) is 3. The molecule has 0 fully saturated rings. The quantitative estimate of drug-likeness (QED) is 0.855. The molecular weight excluding hydrogens is 212 g/mol. The number of rotatable bonds is 5. The largest absolute Gasteiger partial charge is 0.334 e. The molecule has 0 amide bonds. The highest BCUT2D eigenvalue weighted by Crippen LogP contribution is 2.08. The lowest BCUT2D eigenvalue weighted by Gasteiger charge is -2.13. The third-order valence-electron chi connectivity index (χ3n) is 2.84. The monoisotopic (exact) mass is 230 g/mol. The van der Waals surface area contributed by atoms with Crippen LogP contribution in [0.15, 0.2) is 36.8 Å². The number of nitrogens with one attached hydrogen (secondary N) is 1. The molecule has 2 aromatic rings. The summed E-state index contributed by atoms with van der Waals surface area (Å²) >= 11 is 0. The van der Waals surface area contributed by atoms with Gasteiger partial charge in [0.2, 0.25) is 0 Å². The smallest absolute Gasteiger partial charge is 0.122 e. The first-order chi connectivity index (χ1) is 8.31. The van der Waals surface area contributed by atoms with E-state index in [-0.39, 0.29) is 6.04 Å². The molecular formula is C13H18N4. The Hall–Kier alpha value is -1.68. The van der Waals surface area contributed by atoms with E-state index in [1.54, 1.807) is 0 Å². The molecule has 0 saturated carbocycles. The van der Waals surface area contributed by atoms with Crippen LogP contribution in [0.25, 0.3) is 0 Å². The van der Waals surface area contributed by atoms with Crippen molar-refractivity contribution >= 4 is 0 Å². The predicted molar refractivity (Wildman–Crippen MR) is 67.4 cm³/mol. The van der Waals surface area contributed by atoms with Gasteiger partial charge in [-0.25, -0.2) is 4.98 Å². The molecule has 0 aliphatic rings. The lowest BCUT2D eigenvalue weighted by atomic mass is 10.2. The van der Waals surface area contributed by atoms with Crippen LogP contribution in [0, 0.1) is 0 Å². The Balaban J connectivity index is 1.95. The fourth-order valence-electron chi connectivity index (χ4n) is 1.78. The average Bonchev–Trinajstić information content (AvgIpc) is 2.84. The Kier molecular flexibility index (Phi) is 3.88. The van der Waals surface area contributed by atoms with Crippen molar-refractivity contribution in [2.24, 2.45) is 0 Å². The van der Waals surface area contributed by atoms with Gasteiger partial charge >= 0.3 is 0 Å². The molecule has 0 aliphatic heterocycles. The topological polar surface area (TPSA) is 42.7 Å². The molecule has 4 nitrogen and oxygen atoms in total. The third-order valence-corrected chi connectivity index (χ3v) is 2.84. The number of hydrogen-bond donors (Lipinski definition) is 1. The highest BCUT2D eigenvalue weighted by atomic mass is 15.1. The molecule has 2 aromatic heterocycles. The van der Waals surface area contributed by atoms with E-state index >= 15 is 0 Å². The molecule has 90 valence electrons. The van der Waals surface area contributed by atoms with Gasteiger partial charge in [0.15, 0.2) is 0 Å². The fourth-order valence-corrected chi connectivity index (χ4v) is 1.78. The summed E-state index contributed by atoms with van der Waals surface area (Å²) in [5.41, 5.74) is 1.06. The summed E-state index contributed by atoms with van der Waals surface area (Å²) in [5, 5.41) is 3.43. The van der Waals surface area contributed by atoms with Gasteiger partial charge in [-0.3, -0.25) is 4.98 Å². The average molecular weight is 230 g/mol. The van der Waals surface area contributed by atoms with Gasteiger partial charge in [-0.2, -0.15) is 0 Å². The van der Waals surface area contributed by atoms with E-state index in [2.05, 4.69) is 33.7 Å². The normalized spacial score (nSPS) is 12.6. The molecule has 0 saturated heterocycles. The van der Waals surface area contributed by atoms with Gasteiger partial charge in [0.1, 0.15) is 5.82 Å². The summed E-state index contributed by atoms with van der Waals surface area (Å²) < 4.78 is 2.14. The summed E-state index contributed by atoms with van der Waals surface area (Å²) in [6.07, 6.45) is 5.66. The minimum absolute atomic E-state index is 0.234. The second kappa shape index (κ2) is 5.59. The van der Waals surface area contributed by atoms with Crippen LogP contribution in [0.2, 0.25) is 0 Å². The Morgan fingerprint density at radius 2 is 2.18 bits per heavy atom. The van der Waals surface area contributed by atoms with Gasteiger partial charge in [-0.15, -0.1) is 0 Å². The fraction of sp³-hybridized carbons (Fsp3) is 0.385. The molecule has 2 rings (SSSR count). The Morgan fingerprint density at radius 1 is 1.29 bits per heavy atom. The van der Waals surface area contributed by atoms with Crippen molar-refractivity contribution in [3.8, 4) is 0 Å². The van der Waals surface area contributed by atoms with Gasteiger partial charge in [-0.1, -0.05) is 6.07 Å². The van der Waals surface area contributed by atoms with Crippen molar-refractivity contribution in [3.05, 3.63) is 48.3 Å². The van der Waals surface area contributed by atoms with Crippen LogP contribution < -0.4 is 5.32 Å². The van der Waals surface area contributed by atoms with Gasteiger partial charge in [0.25, 0.3) is 0 Å². The third kappa shape index (κ3) is 2.91. The summed E-state index contributed by atoms with van der Waals surface area (Å²) in [4.78, 5) is 8.66. The zero-order valence-corrected chi connectivity index (χ0v) is 10.3. The molecule has 1 N–H and O–H groups in total. The minimum atomic E-state index is 0.234. The lowest BCUT2D eigenvalue weighted by Crippen LogP contribution is -2.21. The van der Waals surface area contributed by atoms with Crippen LogP contribution in [-0.2, 0) is 13.1 Å². The molecule has 0 radical (unpaired) electrons. The second-order valence-corrected chi connectivity index (χ2v) is 3.99. The molecule has 4 heteroatoms. The highest BCUT2D eigenvalue weighted by molar-refractivity contribution is 5.07. The van der Waals surface area contributed by atoms with Crippen molar-refractivity contribution in [2.75, 3.05) is 0 Å². The SMILES string of the molecule is CCn1ccnc1CN[C@H](C)c1ccccn1. The van der Waals surface area contributed by atoms with Crippen LogP contribution >= 0.6 is 0 Å². The Morgan fingerprint density at radius 3 is 2.88 bits per heavy atom. The molecule has 0 bridgehead atoms. The van der Waals surface area contributed by atoms with E-state index in [4.69, 9.17) is 0 Å². The van der Waals surface area contributed by atoms with Gasteiger partial charge in [0.05, 0.1) is 12.2 Å². The molecule has 0 aliphatic carbocycles. The number of pyridine rings is 1. The number of aromatic nitrogens is 3.